The Kier molecular flexibility index (Phi) is 9.13. The van der Waals surface area contributed by atoms with E-state index in [1.165, 1.54) is 0 Å². The molecule has 1 saturated heterocycles. The van der Waals surface area contributed by atoms with Gasteiger partial charge in [0.05, 0.1) is 23.7 Å². The van der Waals surface area contributed by atoms with Gasteiger partial charge in [0, 0.05) is 30.1 Å². The second-order valence-electron chi connectivity index (χ2n) is 10.5. The van der Waals surface area contributed by atoms with Gasteiger partial charge in [0.1, 0.15) is 18.0 Å². The molecule has 3 heterocycles. The lowest BCUT2D eigenvalue weighted by molar-refractivity contribution is -0.137. The molecule has 5 rings (SSSR count). The summed E-state index contributed by atoms with van der Waals surface area (Å²) in [6.07, 6.45) is 2.35. The number of aromatic nitrogens is 3. The maximum atomic E-state index is 14.7. The van der Waals surface area contributed by atoms with Crippen LogP contribution in [0.25, 0.3) is 5.69 Å². The quantitative estimate of drug-likeness (QED) is 0.351. The Morgan fingerprint density at radius 3 is 2.60 bits per heavy atom. The van der Waals surface area contributed by atoms with Gasteiger partial charge in [-0.3, -0.25) is 14.2 Å². The standard InChI is InChI=1S/C28H30Cl3F2N5O4/c1-2-41-20-5-3-4-17(24(20)30)25-18-13-16(29)6-7-19(18)38-26(35-36-27(38)28(31,32)33)21(42-25)14-23(40)37-10-8-15(9-11-37)12-22(34)39/h5-7,13,15,21,25H,2-4,8-12,14H2,1H3,(H2,34,39)/t21-,25-/m1/s1. The number of primary amides is 1. The predicted molar refractivity (Wildman–Crippen MR) is 152 cm³/mol. The molecule has 3 aliphatic rings. The number of amides is 2. The highest BCUT2D eigenvalue weighted by atomic mass is 35.5. The smallest absolute Gasteiger partial charge is 0.382 e. The molecule has 9 nitrogen and oxygen atoms in total. The van der Waals surface area contributed by atoms with Gasteiger partial charge < -0.3 is 20.1 Å². The van der Waals surface area contributed by atoms with Crippen LogP contribution in [0.5, 0.6) is 0 Å². The number of nitrogens with zero attached hydrogens (tertiary/aromatic N) is 4. The maximum absolute atomic E-state index is 14.7. The Hall–Kier alpha value is -2.73. The minimum absolute atomic E-state index is 0.00136. The summed E-state index contributed by atoms with van der Waals surface area (Å²) >= 11 is 18.7. The summed E-state index contributed by atoms with van der Waals surface area (Å²) in [6.45, 7) is 3.10. The molecule has 226 valence electrons. The Morgan fingerprint density at radius 1 is 1.19 bits per heavy atom. The van der Waals surface area contributed by atoms with E-state index in [9.17, 15) is 18.4 Å². The van der Waals surface area contributed by atoms with E-state index in [-0.39, 0.29) is 42.1 Å². The number of carbonyl (C=O) groups excluding carboxylic acids is 2. The molecule has 1 fully saturated rings. The molecule has 1 aromatic carbocycles. The van der Waals surface area contributed by atoms with E-state index in [4.69, 9.17) is 50.0 Å². The van der Waals surface area contributed by atoms with Crippen LogP contribution in [0.15, 0.2) is 40.6 Å². The van der Waals surface area contributed by atoms with Gasteiger partial charge in [0.15, 0.2) is 5.82 Å². The molecule has 1 aromatic heterocycles. The SMILES string of the molecule is CCOC1=CCCC([C@H]2O[C@H](CC(=O)N3CCC(CC(N)=O)CC3)c3nnc(C(F)(F)Cl)n3-c3ccc(Cl)cc32)=C1Cl. The van der Waals surface area contributed by atoms with Gasteiger partial charge >= 0.3 is 5.38 Å². The topological polar surface area (TPSA) is 113 Å². The zero-order valence-electron chi connectivity index (χ0n) is 22.8. The van der Waals surface area contributed by atoms with Crippen LogP contribution in [0.4, 0.5) is 8.78 Å². The summed E-state index contributed by atoms with van der Waals surface area (Å²) in [5, 5.41) is 4.59. The molecule has 2 amide bonds. The largest absolute Gasteiger partial charge is 0.493 e. The third kappa shape index (κ3) is 6.29. The van der Waals surface area contributed by atoms with Crippen LogP contribution in [0.2, 0.25) is 5.02 Å². The summed E-state index contributed by atoms with van der Waals surface area (Å²) < 4.78 is 42.8. The number of rotatable bonds is 8. The zero-order valence-corrected chi connectivity index (χ0v) is 25.1. The summed E-state index contributed by atoms with van der Waals surface area (Å²) in [5.74, 6) is -0.837. The number of piperidine rings is 1. The van der Waals surface area contributed by atoms with E-state index < -0.39 is 23.4 Å². The van der Waals surface area contributed by atoms with Crippen molar-refractivity contribution in [1.82, 2.24) is 19.7 Å². The van der Waals surface area contributed by atoms with Crippen LogP contribution in [-0.2, 0) is 24.4 Å². The lowest BCUT2D eigenvalue weighted by Gasteiger charge is -2.33. The fourth-order valence-corrected chi connectivity index (χ4v) is 6.40. The first-order valence-corrected chi connectivity index (χ1v) is 14.9. The number of hydrogen-bond acceptors (Lipinski definition) is 6. The number of hydrogen-bond donors (Lipinski definition) is 1. The number of nitrogens with two attached hydrogens (primary N) is 1. The van der Waals surface area contributed by atoms with E-state index in [0.29, 0.717) is 72.3 Å². The van der Waals surface area contributed by atoms with Crippen molar-refractivity contribution >= 4 is 46.6 Å². The molecule has 2 aliphatic heterocycles. The third-order valence-corrected chi connectivity index (χ3v) is 8.55. The van der Waals surface area contributed by atoms with E-state index in [1.54, 1.807) is 23.1 Å². The highest BCUT2D eigenvalue weighted by Crippen LogP contribution is 2.48. The maximum Gasteiger partial charge on any atom is 0.382 e. The molecule has 0 saturated carbocycles. The van der Waals surface area contributed by atoms with Crippen molar-refractivity contribution in [2.24, 2.45) is 11.7 Å². The molecule has 42 heavy (non-hydrogen) atoms. The van der Waals surface area contributed by atoms with Crippen LogP contribution in [0, 0.1) is 5.92 Å². The van der Waals surface area contributed by atoms with Gasteiger partial charge in [0.25, 0.3) is 0 Å². The zero-order chi connectivity index (χ0) is 30.2. The fraction of sp³-hybridized carbons (Fsp3) is 0.500. The first-order valence-electron chi connectivity index (χ1n) is 13.7. The lowest BCUT2D eigenvalue weighted by atomic mass is 9.92. The molecule has 2 N–H and O–H groups in total. The lowest BCUT2D eigenvalue weighted by Crippen LogP contribution is -2.40. The molecule has 0 bridgehead atoms. The van der Waals surface area contributed by atoms with Crippen LogP contribution >= 0.6 is 34.8 Å². The van der Waals surface area contributed by atoms with Crippen LogP contribution in [0.1, 0.15) is 74.9 Å². The van der Waals surface area contributed by atoms with Crippen LogP contribution in [-0.4, -0.2) is 51.2 Å². The predicted octanol–water partition coefficient (Wildman–Crippen LogP) is 6.03. The van der Waals surface area contributed by atoms with E-state index in [1.807, 2.05) is 13.0 Å². The van der Waals surface area contributed by atoms with E-state index >= 15 is 0 Å². The summed E-state index contributed by atoms with van der Waals surface area (Å²) in [6, 6.07) is 4.74. The molecule has 0 radical (unpaired) electrons. The average molecular weight is 645 g/mol. The normalized spacial score (nSPS) is 21.4. The first-order chi connectivity index (χ1) is 20.0. The average Bonchev–Trinajstić information content (AvgIpc) is 3.34. The minimum atomic E-state index is -3.87. The fourth-order valence-electron chi connectivity index (χ4n) is 5.77. The van der Waals surface area contributed by atoms with Gasteiger partial charge in [-0.1, -0.05) is 23.2 Å². The van der Waals surface area contributed by atoms with Gasteiger partial charge in [-0.25, -0.2) is 0 Å². The highest BCUT2D eigenvalue weighted by molar-refractivity contribution is 6.32. The minimum Gasteiger partial charge on any atom is -0.493 e. The Balaban J connectivity index is 1.56. The van der Waals surface area contributed by atoms with Gasteiger partial charge in [-0.2, -0.15) is 8.78 Å². The van der Waals surface area contributed by atoms with Crippen molar-refractivity contribution in [2.45, 2.75) is 63.0 Å². The number of alkyl halides is 3. The molecular weight excluding hydrogens is 615 g/mol. The Labute approximate surface area is 256 Å². The summed E-state index contributed by atoms with van der Waals surface area (Å²) in [4.78, 5) is 26.6. The van der Waals surface area contributed by atoms with Crippen LogP contribution in [0.3, 0.4) is 0 Å². The molecular formula is C28H30Cl3F2N5O4. The number of carbonyl (C=O) groups is 2. The van der Waals surface area contributed by atoms with E-state index in [0.717, 1.165) is 4.57 Å². The number of likely N-dealkylation sites (tertiary alicyclic amines) is 1. The number of halogens is 5. The van der Waals surface area contributed by atoms with Crippen molar-refractivity contribution in [3.05, 3.63) is 62.9 Å². The molecule has 14 heteroatoms. The third-order valence-electron chi connectivity index (χ3n) is 7.72. The molecule has 0 spiro atoms. The second-order valence-corrected chi connectivity index (χ2v) is 11.8. The van der Waals surface area contributed by atoms with Gasteiger partial charge in [0.2, 0.25) is 17.6 Å². The van der Waals surface area contributed by atoms with Crippen molar-refractivity contribution in [1.29, 1.82) is 0 Å². The Bertz CT molecular complexity index is 1430. The summed E-state index contributed by atoms with van der Waals surface area (Å²) in [7, 11) is 0. The Morgan fingerprint density at radius 2 is 1.93 bits per heavy atom. The molecule has 0 unspecified atom stereocenters. The molecule has 1 aliphatic carbocycles. The monoisotopic (exact) mass is 643 g/mol. The number of ether oxygens (including phenoxy) is 2. The van der Waals surface area contributed by atoms with Crippen molar-refractivity contribution in [3.63, 3.8) is 0 Å². The second kappa shape index (κ2) is 12.5. The van der Waals surface area contributed by atoms with Crippen molar-refractivity contribution in [3.8, 4) is 5.69 Å². The first kappa shape index (κ1) is 30.7. The van der Waals surface area contributed by atoms with Crippen LogP contribution < -0.4 is 5.73 Å². The van der Waals surface area contributed by atoms with Crippen molar-refractivity contribution in [2.75, 3.05) is 19.7 Å². The highest BCUT2D eigenvalue weighted by Gasteiger charge is 2.43. The molecule has 2 atom stereocenters. The van der Waals surface area contributed by atoms with Gasteiger partial charge in [-0.05, 0) is 80.0 Å². The number of allylic oxidation sites excluding steroid dienone is 2. The summed E-state index contributed by atoms with van der Waals surface area (Å²) in [5.41, 5.74) is 6.73. The molecule has 2 aromatic rings. The van der Waals surface area contributed by atoms with Gasteiger partial charge in [-0.15, -0.1) is 10.2 Å². The number of fused-ring (bicyclic) bond motifs is 3. The van der Waals surface area contributed by atoms with E-state index in [2.05, 4.69) is 10.2 Å². The van der Waals surface area contributed by atoms with Crippen molar-refractivity contribution < 1.29 is 27.8 Å². The number of benzene rings is 1.